The van der Waals surface area contributed by atoms with Crippen LogP contribution >= 0.6 is 0 Å². The van der Waals surface area contributed by atoms with Crippen LogP contribution in [0, 0.1) is 34.5 Å². The van der Waals surface area contributed by atoms with E-state index in [0.29, 0.717) is 12.3 Å². The summed E-state index contributed by atoms with van der Waals surface area (Å²) in [5, 5.41) is 30.6. The van der Waals surface area contributed by atoms with Crippen molar-refractivity contribution in [2.75, 3.05) is 6.61 Å². The molecule has 4 aliphatic rings. The number of fused-ring (bicyclic) bond motifs is 5. The maximum Gasteiger partial charge on any atom is 0.190 e. The van der Waals surface area contributed by atoms with Gasteiger partial charge in [-0.25, -0.2) is 0 Å². The molecule has 146 valence electrons. The lowest BCUT2D eigenvalue weighted by atomic mass is 9.44. The van der Waals surface area contributed by atoms with Crippen molar-refractivity contribution in [3.8, 4) is 0 Å². The molecule has 0 aromatic rings. The van der Waals surface area contributed by atoms with E-state index in [2.05, 4.69) is 6.92 Å². The van der Waals surface area contributed by atoms with Gasteiger partial charge in [-0.1, -0.05) is 13.8 Å². The van der Waals surface area contributed by atoms with Crippen molar-refractivity contribution in [1.29, 1.82) is 0 Å². The second-order valence-electron chi connectivity index (χ2n) is 10.00. The van der Waals surface area contributed by atoms with Gasteiger partial charge in [0.1, 0.15) is 18.0 Å². The first kappa shape index (κ1) is 18.6. The fourth-order valence-corrected chi connectivity index (χ4v) is 7.64. The van der Waals surface area contributed by atoms with E-state index in [1.807, 2.05) is 6.92 Å². The summed E-state index contributed by atoms with van der Waals surface area (Å²) >= 11 is 0. The molecule has 0 aliphatic heterocycles. The van der Waals surface area contributed by atoms with E-state index in [1.165, 1.54) is 0 Å². The molecule has 5 nitrogen and oxygen atoms in total. The van der Waals surface area contributed by atoms with Crippen LogP contribution in [0.25, 0.3) is 0 Å². The number of carbonyl (C=O) groups excluding carboxylic acids is 2. The van der Waals surface area contributed by atoms with E-state index in [-0.39, 0.29) is 41.5 Å². The fraction of sp³-hybridized carbons (Fsp3) is 0.905. The summed E-state index contributed by atoms with van der Waals surface area (Å²) in [5.41, 5.74) is -2.40. The van der Waals surface area contributed by atoms with Gasteiger partial charge in [-0.3, -0.25) is 9.59 Å². The molecule has 4 saturated carbocycles. The van der Waals surface area contributed by atoms with Crippen molar-refractivity contribution in [2.24, 2.45) is 34.5 Å². The largest absolute Gasteiger partial charge is 0.393 e. The second-order valence-corrected chi connectivity index (χ2v) is 10.00. The normalized spacial score (nSPS) is 53.6. The van der Waals surface area contributed by atoms with Gasteiger partial charge < -0.3 is 15.3 Å². The Hall–Kier alpha value is -0.780. The maximum atomic E-state index is 13.4. The average Bonchev–Trinajstić information content (AvgIpc) is 2.86. The first-order valence-electron chi connectivity index (χ1n) is 10.2. The molecule has 0 amide bonds. The van der Waals surface area contributed by atoms with Gasteiger partial charge in [0.15, 0.2) is 5.78 Å². The molecule has 0 aromatic heterocycles. The third-order valence-corrected chi connectivity index (χ3v) is 9.08. The molecule has 3 N–H and O–H groups in total. The van der Waals surface area contributed by atoms with Gasteiger partial charge in [-0.2, -0.15) is 0 Å². The zero-order valence-electron chi connectivity index (χ0n) is 15.9. The maximum absolute atomic E-state index is 13.4. The molecule has 0 aromatic carbocycles. The van der Waals surface area contributed by atoms with Gasteiger partial charge in [0.05, 0.1) is 6.10 Å². The lowest BCUT2D eigenvalue weighted by Crippen LogP contribution is -2.62. The van der Waals surface area contributed by atoms with Crippen molar-refractivity contribution in [3.05, 3.63) is 0 Å². The third-order valence-electron chi connectivity index (χ3n) is 9.08. The Labute approximate surface area is 155 Å². The summed E-state index contributed by atoms with van der Waals surface area (Å²) in [7, 11) is 0. The number of hydrogen-bond donors (Lipinski definition) is 3. The molecule has 4 rings (SSSR count). The van der Waals surface area contributed by atoms with E-state index < -0.39 is 23.4 Å². The summed E-state index contributed by atoms with van der Waals surface area (Å²) in [4.78, 5) is 25.7. The van der Waals surface area contributed by atoms with Crippen molar-refractivity contribution in [2.45, 2.75) is 76.9 Å². The van der Waals surface area contributed by atoms with Crippen LogP contribution in [0.2, 0.25) is 0 Å². The predicted molar refractivity (Wildman–Crippen MR) is 95.2 cm³/mol. The molecule has 5 heteroatoms. The molecule has 4 aliphatic carbocycles. The molecule has 0 bridgehead atoms. The minimum atomic E-state index is -1.58. The monoisotopic (exact) mass is 364 g/mol. The Morgan fingerprint density at radius 3 is 2.58 bits per heavy atom. The van der Waals surface area contributed by atoms with E-state index in [0.717, 1.165) is 38.5 Å². The number of aliphatic hydroxyl groups is 3. The number of Topliss-reactive ketones (excluding diaryl/α,β-unsaturated/α-hetero) is 2. The van der Waals surface area contributed by atoms with Crippen LogP contribution in [0.3, 0.4) is 0 Å². The minimum Gasteiger partial charge on any atom is -0.393 e. The van der Waals surface area contributed by atoms with Crippen LogP contribution < -0.4 is 0 Å². The highest BCUT2D eigenvalue weighted by Gasteiger charge is 2.68. The minimum absolute atomic E-state index is 0.0154. The van der Waals surface area contributed by atoms with Crippen molar-refractivity contribution in [1.82, 2.24) is 0 Å². The highest BCUT2D eigenvalue weighted by atomic mass is 16.3. The highest BCUT2D eigenvalue weighted by molar-refractivity contribution is 5.92. The predicted octanol–water partition coefficient (Wildman–Crippen LogP) is 1.86. The van der Waals surface area contributed by atoms with Gasteiger partial charge in [0, 0.05) is 17.8 Å². The molecule has 0 spiro atoms. The molecular formula is C21H32O5. The second kappa shape index (κ2) is 5.86. The first-order valence-corrected chi connectivity index (χ1v) is 10.2. The van der Waals surface area contributed by atoms with Crippen LogP contribution in [0.4, 0.5) is 0 Å². The Morgan fingerprint density at radius 1 is 1.15 bits per heavy atom. The SMILES string of the molecule is C[C@]12CC(=O)C3C(CC[C@@H]4C[C@H](O)CC[C@]34C)C1CC[C@]2(O)C(=O)CO. The number of carbonyl (C=O) groups is 2. The number of ketones is 2. The third kappa shape index (κ3) is 2.20. The van der Waals surface area contributed by atoms with Gasteiger partial charge in [0.25, 0.3) is 0 Å². The smallest absolute Gasteiger partial charge is 0.190 e. The van der Waals surface area contributed by atoms with Gasteiger partial charge in [-0.15, -0.1) is 0 Å². The number of rotatable bonds is 2. The standard InChI is InChI=1S/C21H32O5/c1-19-7-5-13(23)9-12(19)3-4-14-15-6-8-21(26,17(25)11-22)20(15,2)10-16(24)18(14)19/h12-15,18,22-23,26H,3-11H2,1-2H3/t12-,13-,14?,15?,18?,19+,20+,21+/m1/s1. The van der Waals surface area contributed by atoms with Gasteiger partial charge in [0.2, 0.25) is 0 Å². The highest BCUT2D eigenvalue weighted by Crippen LogP contribution is 2.67. The Balaban J connectivity index is 1.70. The first-order chi connectivity index (χ1) is 12.2. The quantitative estimate of drug-likeness (QED) is 0.695. The van der Waals surface area contributed by atoms with Crippen LogP contribution in [-0.2, 0) is 9.59 Å². The van der Waals surface area contributed by atoms with Gasteiger partial charge in [-0.05, 0) is 68.1 Å². The van der Waals surface area contributed by atoms with E-state index >= 15 is 0 Å². The molecule has 0 heterocycles. The molecular weight excluding hydrogens is 332 g/mol. The van der Waals surface area contributed by atoms with Crippen molar-refractivity contribution >= 4 is 11.6 Å². The Kier molecular flexibility index (Phi) is 4.18. The summed E-state index contributed by atoms with van der Waals surface area (Å²) in [6, 6.07) is 0. The summed E-state index contributed by atoms with van der Waals surface area (Å²) in [6.45, 7) is 3.46. The van der Waals surface area contributed by atoms with E-state index in [1.54, 1.807) is 0 Å². The van der Waals surface area contributed by atoms with E-state index in [4.69, 9.17) is 0 Å². The van der Waals surface area contributed by atoms with Crippen molar-refractivity contribution < 1.29 is 24.9 Å². The fourth-order valence-electron chi connectivity index (χ4n) is 7.64. The Morgan fingerprint density at radius 2 is 1.88 bits per heavy atom. The zero-order valence-corrected chi connectivity index (χ0v) is 15.9. The van der Waals surface area contributed by atoms with Crippen molar-refractivity contribution in [3.63, 3.8) is 0 Å². The molecule has 8 atom stereocenters. The summed E-state index contributed by atoms with van der Waals surface area (Å²) < 4.78 is 0. The number of hydrogen-bond acceptors (Lipinski definition) is 5. The zero-order chi connectivity index (χ0) is 18.9. The molecule has 3 unspecified atom stereocenters. The van der Waals surface area contributed by atoms with Crippen LogP contribution in [0.15, 0.2) is 0 Å². The Bertz CT molecular complexity index is 632. The van der Waals surface area contributed by atoms with Gasteiger partial charge >= 0.3 is 0 Å². The molecule has 26 heavy (non-hydrogen) atoms. The number of aliphatic hydroxyl groups excluding tert-OH is 2. The topological polar surface area (TPSA) is 94.8 Å². The summed E-state index contributed by atoms with van der Waals surface area (Å²) in [6.07, 6.45) is 5.47. The molecule has 4 fully saturated rings. The van der Waals surface area contributed by atoms with E-state index in [9.17, 15) is 24.9 Å². The summed E-state index contributed by atoms with van der Waals surface area (Å²) in [5.74, 6) is 0.380. The van der Waals surface area contributed by atoms with Crippen LogP contribution in [0.1, 0.15) is 65.2 Å². The van der Waals surface area contributed by atoms with Crippen LogP contribution in [0.5, 0.6) is 0 Å². The lowest BCUT2D eigenvalue weighted by molar-refractivity contribution is -0.180. The average molecular weight is 364 g/mol. The molecule has 0 saturated heterocycles. The lowest BCUT2D eigenvalue weighted by Gasteiger charge is -2.60. The van der Waals surface area contributed by atoms with Crippen LogP contribution in [-0.4, -0.2) is 45.2 Å². The molecule has 0 radical (unpaired) electrons.